The van der Waals surface area contributed by atoms with Gasteiger partial charge in [0, 0.05) is 17.0 Å². The molecule has 29 heavy (non-hydrogen) atoms. The summed E-state index contributed by atoms with van der Waals surface area (Å²) in [5.41, 5.74) is 6.54. The zero-order chi connectivity index (χ0) is 19.6. The predicted octanol–water partition coefficient (Wildman–Crippen LogP) is 5.86. The zero-order valence-corrected chi connectivity index (χ0v) is 17.6. The summed E-state index contributed by atoms with van der Waals surface area (Å²) < 4.78 is 0. The van der Waals surface area contributed by atoms with E-state index in [2.05, 4.69) is 92.0 Å². The number of hydrogen-bond acceptors (Lipinski definition) is 1. The molecule has 1 aromatic heterocycles. The highest BCUT2D eigenvalue weighted by atomic mass is 28.3. The Bertz CT molecular complexity index is 1430. The molecular weight excluding hydrogens is 366 g/mol. The zero-order valence-electron chi connectivity index (χ0n) is 16.6. The lowest BCUT2D eigenvalue weighted by Gasteiger charge is -2.19. The molecule has 0 atom stereocenters. The van der Waals surface area contributed by atoms with Crippen LogP contribution in [0.4, 0.5) is 0 Å². The summed E-state index contributed by atoms with van der Waals surface area (Å²) in [5.74, 6) is 0. The molecule has 2 heterocycles. The van der Waals surface area contributed by atoms with Crippen LogP contribution in [-0.2, 0) is 0 Å². The van der Waals surface area contributed by atoms with E-state index in [1.807, 2.05) is 12.3 Å². The van der Waals surface area contributed by atoms with Gasteiger partial charge >= 0.3 is 0 Å². The lowest BCUT2D eigenvalue weighted by Crippen LogP contribution is -2.49. The number of hydrogen-bond donors (Lipinski definition) is 0. The number of fused-ring (bicyclic) bond motifs is 6. The highest BCUT2D eigenvalue weighted by molar-refractivity contribution is 7.04. The number of aromatic nitrogens is 1. The molecule has 0 saturated carbocycles. The molecule has 138 valence electrons. The third kappa shape index (κ3) is 2.24. The summed E-state index contributed by atoms with van der Waals surface area (Å²) in [6, 6.07) is 31.1. The molecule has 4 aromatic carbocycles. The van der Waals surface area contributed by atoms with Gasteiger partial charge in [0.2, 0.25) is 0 Å². The Morgan fingerprint density at radius 3 is 2.21 bits per heavy atom. The molecule has 6 rings (SSSR count). The molecule has 1 nitrogen and oxygen atoms in total. The van der Waals surface area contributed by atoms with Crippen molar-refractivity contribution in [1.82, 2.24) is 4.98 Å². The van der Waals surface area contributed by atoms with Gasteiger partial charge in [0.25, 0.3) is 0 Å². The summed E-state index contributed by atoms with van der Waals surface area (Å²) in [6.45, 7) is 4.95. The summed E-state index contributed by atoms with van der Waals surface area (Å²) in [4.78, 5) is 4.77. The van der Waals surface area contributed by atoms with Crippen molar-refractivity contribution in [1.29, 1.82) is 0 Å². The Labute approximate surface area is 171 Å². The first-order chi connectivity index (χ1) is 14.2. The smallest absolute Gasteiger partial charge is 0.113 e. The molecule has 0 saturated heterocycles. The molecule has 0 fully saturated rings. The highest BCUT2D eigenvalue weighted by Crippen LogP contribution is 2.40. The van der Waals surface area contributed by atoms with Gasteiger partial charge in [-0.1, -0.05) is 92.0 Å². The fourth-order valence-corrected chi connectivity index (χ4v) is 8.21. The normalized spacial score (nSPS) is 14.1. The molecule has 0 N–H and O–H groups in total. The lowest BCUT2D eigenvalue weighted by atomic mass is 9.90. The van der Waals surface area contributed by atoms with Crippen LogP contribution in [-0.4, -0.2) is 13.1 Å². The quantitative estimate of drug-likeness (QED) is 0.259. The number of benzene rings is 4. The molecule has 0 amide bonds. The molecule has 2 heteroatoms. The first-order valence-corrected chi connectivity index (χ1v) is 13.2. The van der Waals surface area contributed by atoms with Gasteiger partial charge in [-0.3, -0.25) is 4.98 Å². The highest BCUT2D eigenvalue weighted by Gasteiger charge is 2.38. The summed E-state index contributed by atoms with van der Waals surface area (Å²) >= 11 is 0. The maximum Gasteiger partial charge on any atom is 0.113 e. The van der Waals surface area contributed by atoms with Crippen molar-refractivity contribution in [2.24, 2.45) is 0 Å². The van der Waals surface area contributed by atoms with Crippen molar-refractivity contribution in [3.8, 4) is 22.3 Å². The van der Waals surface area contributed by atoms with Crippen molar-refractivity contribution in [3.05, 3.63) is 91.1 Å². The average molecular weight is 388 g/mol. The van der Waals surface area contributed by atoms with Crippen LogP contribution in [0.15, 0.2) is 91.1 Å². The van der Waals surface area contributed by atoms with Crippen molar-refractivity contribution in [2.75, 3.05) is 0 Å². The SMILES string of the molecule is C[Si]1(C)c2ccccc2-c2c(-c3cccc4ccc5cccnc5c34)cccc21. The third-order valence-electron chi connectivity index (χ3n) is 6.51. The maximum atomic E-state index is 4.77. The van der Waals surface area contributed by atoms with Crippen LogP contribution >= 0.6 is 0 Å². The van der Waals surface area contributed by atoms with Crippen molar-refractivity contribution in [3.63, 3.8) is 0 Å². The van der Waals surface area contributed by atoms with E-state index >= 15 is 0 Å². The summed E-state index contributed by atoms with van der Waals surface area (Å²) in [5, 5.41) is 6.78. The van der Waals surface area contributed by atoms with E-state index < -0.39 is 8.07 Å². The van der Waals surface area contributed by atoms with Gasteiger partial charge in [-0.25, -0.2) is 0 Å². The maximum absolute atomic E-state index is 4.77. The first kappa shape index (κ1) is 16.7. The Hall–Kier alpha value is -3.23. The first-order valence-electron chi connectivity index (χ1n) is 10.2. The van der Waals surface area contributed by atoms with Crippen LogP contribution in [0.2, 0.25) is 13.1 Å². The van der Waals surface area contributed by atoms with Crippen molar-refractivity contribution < 1.29 is 0 Å². The fourth-order valence-electron chi connectivity index (χ4n) is 5.12. The number of pyridine rings is 1. The van der Waals surface area contributed by atoms with E-state index in [0.717, 1.165) is 5.52 Å². The fraction of sp³-hybridized carbons (Fsp3) is 0.0741. The van der Waals surface area contributed by atoms with Crippen LogP contribution in [0.5, 0.6) is 0 Å². The summed E-state index contributed by atoms with van der Waals surface area (Å²) in [7, 11) is -1.68. The third-order valence-corrected chi connectivity index (χ3v) is 10.1. The lowest BCUT2D eigenvalue weighted by molar-refractivity contribution is 1.43. The van der Waals surface area contributed by atoms with Gasteiger partial charge < -0.3 is 0 Å². The minimum atomic E-state index is -1.68. The number of nitrogens with zero attached hydrogens (tertiary/aromatic N) is 1. The average Bonchev–Trinajstić information content (AvgIpc) is 3.01. The van der Waals surface area contributed by atoms with E-state index in [9.17, 15) is 0 Å². The molecule has 0 bridgehead atoms. The van der Waals surface area contributed by atoms with E-state index in [1.54, 1.807) is 10.4 Å². The Kier molecular flexibility index (Phi) is 3.39. The molecule has 0 unspecified atom stereocenters. The Morgan fingerprint density at radius 1 is 0.586 bits per heavy atom. The van der Waals surface area contributed by atoms with Gasteiger partial charge in [-0.05, 0) is 44.1 Å². The Balaban J connectivity index is 1.77. The van der Waals surface area contributed by atoms with Crippen molar-refractivity contribution >= 4 is 40.1 Å². The van der Waals surface area contributed by atoms with E-state index in [-0.39, 0.29) is 0 Å². The van der Waals surface area contributed by atoms with E-state index in [4.69, 9.17) is 4.98 Å². The second-order valence-corrected chi connectivity index (χ2v) is 12.8. The summed E-state index contributed by atoms with van der Waals surface area (Å²) in [6.07, 6.45) is 1.90. The Morgan fingerprint density at radius 2 is 1.28 bits per heavy atom. The van der Waals surface area contributed by atoms with Crippen molar-refractivity contribution in [2.45, 2.75) is 13.1 Å². The minimum absolute atomic E-state index is 1.08. The van der Waals surface area contributed by atoms with Crippen LogP contribution in [0, 0.1) is 0 Å². The second kappa shape index (κ2) is 5.88. The van der Waals surface area contributed by atoms with Crippen LogP contribution in [0.1, 0.15) is 0 Å². The van der Waals surface area contributed by atoms with E-state index in [1.165, 1.54) is 38.4 Å². The van der Waals surface area contributed by atoms with Crippen LogP contribution in [0.3, 0.4) is 0 Å². The van der Waals surface area contributed by atoms with Crippen LogP contribution in [0.25, 0.3) is 43.9 Å². The van der Waals surface area contributed by atoms with Gasteiger partial charge in [0.05, 0.1) is 5.52 Å². The predicted molar refractivity (Wildman–Crippen MR) is 127 cm³/mol. The monoisotopic (exact) mass is 387 g/mol. The molecule has 1 aliphatic heterocycles. The van der Waals surface area contributed by atoms with Gasteiger partial charge in [0.1, 0.15) is 8.07 Å². The largest absolute Gasteiger partial charge is 0.256 e. The molecular formula is C27H21NSi. The molecule has 1 aliphatic rings. The van der Waals surface area contributed by atoms with Crippen LogP contribution < -0.4 is 10.4 Å². The van der Waals surface area contributed by atoms with E-state index in [0.29, 0.717) is 0 Å². The second-order valence-electron chi connectivity index (χ2n) is 8.44. The van der Waals surface area contributed by atoms with Gasteiger partial charge in [-0.15, -0.1) is 0 Å². The molecule has 5 aromatic rings. The molecule has 0 aliphatic carbocycles. The molecule has 0 radical (unpaired) electrons. The topological polar surface area (TPSA) is 12.9 Å². The standard InChI is InChI=1S/C27H21NSi/c1-29(2)23-13-4-3-10-22(23)26-21(12-6-14-24(26)29)20-11-5-8-18-15-16-19-9-7-17-28-27(19)25(18)20/h3-17H,1-2H3. The van der Waals surface area contributed by atoms with Gasteiger partial charge in [0.15, 0.2) is 0 Å². The van der Waals surface area contributed by atoms with Gasteiger partial charge in [-0.2, -0.15) is 0 Å². The minimum Gasteiger partial charge on any atom is -0.256 e. The molecule has 0 spiro atoms. The number of rotatable bonds is 1.